The van der Waals surface area contributed by atoms with Gasteiger partial charge in [-0.2, -0.15) is 0 Å². The first kappa shape index (κ1) is 11.0. The smallest absolute Gasteiger partial charge is 0.119 e. The van der Waals surface area contributed by atoms with Crippen molar-refractivity contribution >= 4 is 15.9 Å². The molecule has 1 aromatic carbocycles. The summed E-state index contributed by atoms with van der Waals surface area (Å²) < 4.78 is 5.21. The molecule has 1 saturated carbocycles. The third-order valence-electron chi connectivity index (χ3n) is 2.98. The van der Waals surface area contributed by atoms with E-state index in [2.05, 4.69) is 34.1 Å². The number of ether oxygens (including phenoxy) is 1. The molecule has 1 nitrogen and oxygen atoms in total. The molecule has 1 aromatic rings. The normalized spacial score (nSPS) is 17.5. The number of methoxy groups -OCH3 is 1. The third-order valence-corrected chi connectivity index (χ3v) is 4.18. The van der Waals surface area contributed by atoms with Crippen LogP contribution in [0.4, 0.5) is 0 Å². The molecule has 1 aliphatic carbocycles. The van der Waals surface area contributed by atoms with Crippen LogP contribution in [-0.2, 0) is 6.42 Å². The maximum Gasteiger partial charge on any atom is 0.119 e. The van der Waals surface area contributed by atoms with Gasteiger partial charge < -0.3 is 4.74 Å². The van der Waals surface area contributed by atoms with E-state index in [0.717, 1.165) is 18.1 Å². The zero-order valence-electron chi connectivity index (χ0n) is 9.08. The summed E-state index contributed by atoms with van der Waals surface area (Å²) in [5.74, 6) is 1.90. The molecule has 0 spiro atoms. The lowest BCUT2D eigenvalue weighted by Crippen LogP contribution is -2.02. The highest BCUT2D eigenvalue weighted by molar-refractivity contribution is 9.09. The number of rotatable bonds is 5. The Labute approximate surface area is 100.0 Å². The molecule has 15 heavy (non-hydrogen) atoms. The molecule has 1 fully saturated rings. The van der Waals surface area contributed by atoms with E-state index in [0.29, 0.717) is 4.83 Å². The Balaban J connectivity index is 1.86. The number of aryl methyl sites for hydroxylation is 1. The molecule has 82 valence electrons. The van der Waals surface area contributed by atoms with Crippen molar-refractivity contribution < 1.29 is 4.74 Å². The second-order valence-electron chi connectivity index (χ2n) is 4.24. The van der Waals surface area contributed by atoms with Gasteiger partial charge in [0.15, 0.2) is 0 Å². The van der Waals surface area contributed by atoms with E-state index in [1.807, 2.05) is 6.07 Å². The highest BCUT2D eigenvalue weighted by atomic mass is 79.9. The Hall–Kier alpha value is -0.500. The summed E-state index contributed by atoms with van der Waals surface area (Å²) in [7, 11) is 1.72. The minimum atomic E-state index is 0.712. The highest BCUT2D eigenvalue weighted by Gasteiger charge is 2.28. The van der Waals surface area contributed by atoms with Crippen LogP contribution in [0.25, 0.3) is 0 Å². The molecule has 2 heteroatoms. The maximum absolute atomic E-state index is 5.21. The van der Waals surface area contributed by atoms with Gasteiger partial charge in [-0.15, -0.1) is 0 Å². The van der Waals surface area contributed by atoms with Crippen LogP contribution in [0.5, 0.6) is 5.75 Å². The first-order valence-corrected chi connectivity index (χ1v) is 6.48. The molecule has 1 unspecified atom stereocenters. The molecule has 2 rings (SSSR count). The maximum atomic E-state index is 5.21. The minimum absolute atomic E-state index is 0.712. The summed E-state index contributed by atoms with van der Waals surface area (Å²) in [5, 5.41) is 0. The van der Waals surface area contributed by atoms with Gasteiger partial charge in [-0.1, -0.05) is 28.1 Å². The van der Waals surface area contributed by atoms with E-state index < -0.39 is 0 Å². The van der Waals surface area contributed by atoms with E-state index in [1.165, 1.54) is 24.8 Å². The molecule has 0 heterocycles. The summed E-state index contributed by atoms with van der Waals surface area (Å²) >= 11 is 3.77. The summed E-state index contributed by atoms with van der Waals surface area (Å²) in [5.41, 5.74) is 1.37. The fourth-order valence-electron chi connectivity index (χ4n) is 1.83. The summed E-state index contributed by atoms with van der Waals surface area (Å²) in [6, 6.07) is 8.37. The molecule has 1 atom stereocenters. The molecule has 0 bridgehead atoms. The standard InChI is InChI=1S/C13H17BrO/c1-15-12-4-2-3-10(9-12)5-8-13(14)11-6-7-11/h2-4,9,11,13H,5-8H2,1H3. The summed E-state index contributed by atoms with van der Waals surface area (Å²) in [6.45, 7) is 0. The molecule has 0 N–H and O–H groups in total. The lowest BCUT2D eigenvalue weighted by atomic mass is 10.1. The van der Waals surface area contributed by atoms with Crippen molar-refractivity contribution in [1.29, 1.82) is 0 Å². The van der Waals surface area contributed by atoms with Crippen LogP contribution in [0.3, 0.4) is 0 Å². The SMILES string of the molecule is COc1cccc(CCC(Br)C2CC2)c1. The minimum Gasteiger partial charge on any atom is -0.497 e. The van der Waals surface area contributed by atoms with E-state index >= 15 is 0 Å². The number of alkyl halides is 1. The predicted octanol–water partition coefficient (Wildman–Crippen LogP) is 3.80. The van der Waals surface area contributed by atoms with Gasteiger partial charge in [0.2, 0.25) is 0 Å². The average Bonchev–Trinajstić information content (AvgIpc) is 3.10. The number of halogens is 1. The van der Waals surface area contributed by atoms with Crippen LogP contribution in [0.2, 0.25) is 0 Å². The van der Waals surface area contributed by atoms with Crippen molar-refractivity contribution in [3.63, 3.8) is 0 Å². The molecule has 1 aliphatic rings. The van der Waals surface area contributed by atoms with Crippen molar-refractivity contribution in [1.82, 2.24) is 0 Å². The van der Waals surface area contributed by atoms with Gasteiger partial charge in [0.05, 0.1) is 7.11 Å². The Bertz CT molecular complexity index is 320. The zero-order valence-corrected chi connectivity index (χ0v) is 10.7. The summed E-state index contributed by atoms with van der Waals surface area (Å²) in [6.07, 6.45) is 5.20. The Morgan fingerprint density at radius 2 is 2.27 bits per heavy atom. The van der Waals surface area contributed by atoms with Gasteiger partial charge in [0, 0.05) is 4.83 Å². The van der Waals surface area contributed by atoms with E-state index in [9.17, 15) is 0 Å². The predicted molar refractivity (Wildman–Crippen MR) is 66.8 cm³/mol. The van der Waals surface area contributed by atoms with Crippen LogP contribution in [0.1, 0.15) is 24.8 Å². The quantitative estimate of drug-likeness (QED) is 0.739. The average molecular weight is 269 g/mol. The molecule has 0 aliphatic heterocycles. The fourth-order valence-corrected chi connectivity index (χ4v) is 2.58. The van der Waals surface area contributed by atoms with E-state index in [1.54, 1.807) is 7.11 Å². The molecular weight excluding hydrogens is 252 g/mol. The van der Waals surface area contributed by atoms with Gasteiger partial charge in [0.25, 0.3) is 0 Å². The van der Waals surface area contributed by atoms with Crippen LogP contribution >= 0.6 is 15.9 Å². The van der Waals surface area contributed by atoms with Crippen LogP contribution in [0.15, 0.2) is 24.3 Å². The lowest BCUT2D eigenvalue weighted by molar-refractivity contribution is 0.414. The molecule has 0 saturated heterocycles. The fraction of sp³-hybridized carbons (Fsp3) is 0.538. The second kappa shape index (κ2) is 5.02. The van der Waals surface area contributed by atoms with Crippen molar-refractivity contribution in [2.24, 2.45) is 5.92 Å². The van der Waals surface area contributed by atoms with Crippen molar-refractivity contribution in [3.05, 3.63) is 29.8 Å². The van der Waals surface area contributed by atoms with Gasteiger partial charge in [-0.25, -0.2) is 0 Å². The lowest BCUT2D eigenvalue weighted by Gasteiger charge is -2.08. The topological polar surface area (TPSA) is 9.23 Å². The number of hydrogen-bond acceptors (Lipinski definition) is 1. The third kappa shape index (κ3) is 3.23. The zero-order chi connectivity index (χ0) is 10.7. The molecular formula is C13H17BrO. The van der Waals surface area contributed by atoms with Crippen molar-refractivity contribution in [3.8, 4) is 5.75 Å². The van der Waals surface area contributed by atoms with Gasteiger partial charge in [0.1, 0.15) is 5.75 Å². The van der Waals surface area contributed by atoms with Crippen molar-refractivity contribution in [2.45, 2.75) is 30.5 Å². The monoisotopic (exact) mass is 268 g/mol. The summed E-state index contributed by atoms with van der Waals surface area (Å²) in [4.78, 5) is 0.712. The second-order valence-corrected chi connectivity index (χ2v) is 5.42. The van der Waals surface area contributed by atoms with Crippen LogP contribution < -0.4 is 4.74 Å². The van der Waals surface area contributed by atoms with Gasteiger partial charge in [-0.05, 0) is 49.3 Å². The first-order valence-electron chi connectivity index (χ1n) is 5.56. The molecule has 0 radical (unpaired) electrons. The van der Waals surface area contributed by atoms with Gasteiger partial charge >= 0.3 is 0 Å². The van der Waals surface area contributed by atoms with Gasteiger partial charge in [-0.3, -0.25) is 0 Å². The van der Waals surface area contributed by atoms with Crippen molar-refractivity contribution in [2.75, 3.05) is 7.11 Å². The first-order chi connectivity index (χ1) is 7.29. The number of benzene rings is 1. The Kier molecular flexibility index (Phi) is 3.68. The Morgan fingerprint density at radius 1 is 1.47 bits per heavy atom. The highest BCUT2D eigenvalue weighted by Crippen LogP contribution is 2.38. The van der Waals surface area contributed by atoms with Crippen LogP contribution in [-0.4, -0.2) is 11.9 Å². The Morgan fingerprint density at radius 3 is 2.93 bits per heavy atom. The largest absolute Gasteiger partial charge is 0.497 e. The van der Waals surface area contributed by atoms with Crippen LogP contribution in [0, 0.1) is 5.92 Å². The van der Waals surface area contributed by atoms with E-state index in [-0.39, 0.29) is 0 Å². The molecule has 0 aromatic heterocycles. The molecule has 0 amide bonds. The number of hydrogen-bond donors (Lipinski definition) is 0. The van der Waals surface area contributed by atoms with E-state index in [4.69, 9.17) is 4.74 Å².